The van der Waals surface area contributed by atoms with Crippen LogP contribution in [0.5, 0.6) is 0 Å². The number of aromatic amines is 1. The van der Waals surface area contributed by atoms with Crippen molar-refractivity contribution in [3.8, 4) is 0 Å². The van der Waals surface area contributed by atoms with E-state index in [1.54, 1.807) is 0 Å². The van der Waals surface area contributed by atoms with E-state index < -0.39 is 0 Å². The van der Waals surface area contributed by atoms with Gasteiger partial charge < -0.3 is 10.6 Å². The van der Waals surface area contributed by atoms with Gasteiger partial charge in [0.1, 0.15) is 0 Å². The Morgan fingerprint density at radius 1 is 1.43 bits per heavy atom. The zero-order chi connectivity index (χ0) is 10.1. The van der Waals surface area contributed by atoms with E-state index in [9.17, 15) is 0 Å². The average molecular weight is 195 g/mol. The average Bonchev–Trinajstić information content (AvgIpc) is 2.56. The Morgan fingerprint density at radius 2 is 2.21 bits per heavy atom. The summed E-state index contributed by atoms with van der Waals surface area (Å²) in [6.45, 7) is 5.49. The highest BCUT2D eigenvalue weighted by molar-refractivity contribution is 5.35. The molecule has 0 saturated carbocycles. The van der Waals surface area contributed by atoms with Gasteiger partial charge in [-0.15, -0.1) is 5.10 Å². The first-order chi connectivity index (χ1) is 6.66. The molecule has 2 unspecified atom stereocenters. The number of aromatic nitrogens is 3. The molecule has 14 heavy (non-hydrogen) atoms. The van der Waals surface area contributed by atoms with Gasteiger partial charge in [-0.05, 0) is 25.7 Å². The Kier molecular flexibility index (Phi) is 2.31. The van der Waals surface area contributed by atoms with Gasteiger partial charge in [-0.1, -0.05) is 6.92 Å². The van der Waals surface area contributed by atoms with Gasteiger partial charge in [-0.2, -0.15) is 4.98 Å². The van der Waals surface area contributed by atoms with Crippen LogP contribution in [-0.2, 0) is 0 Å². The molecule has 1 fully saturated rings. The lowest BCUT2D eigenvalue weighted by atomic mass is 9.95. The lowest BCUT2D eigenvalue weighted by molar-refractivity contribution is 0.386. The van der Waals surface area contributed by atoms with Crippen LogP contribution >= 0.6 is 0 Å². The Labute approximate surface area is 83.7 Å². The van der Waals surface area contributed by atoms with Gasteiger partial charge >= 0.3 is 0 Å². The van der Waals surface area contributed by atoms with Crippen LogP contribution in [0.3, 0.4) is 0 Å². The van der Waals surface area contributed by atoms with Crippen LogP contribution in [0.4, 0.5) is 11.9 Å². The number of H-pyrrole nitrogens is 1. The smallest absolute Gasteiger partial charge is 0.246 e. The zero-order valence-corrected chi connectivity index (χ0v) is 8.70. The first kappa shape index (κ1) is 9.30. The van der Waals surface area contributed by atoms with Crippen LogP contribution in [0.15, 0.2) is 0 Å². The molecule has 1 aromatic rings. The summed E-state index contributed by atoms with van der Waals surface area (Å²) in [5, 5.41) is 6.77. The van der Waals surface area contributed by atoms with E-state index in [4.69, 9.17) is 5.73 Å². The standard InChI is InChI=1S/C9H17N5/c1-6-3-4-7(2)14(5-6)9-11-8(10)12-13-9/h6-7H,3-5H2,1-2H3,(H3,10,11,12,13). The summed E-state index contributed by atoms with van der Waals surface area (Å²) in [6, 6.07) is 0.515. The number of nitrogens with zero attached hydrogens (tertiary/aromatic N) is 3. The predicted octanol–water partition coefficient (Wildman–Crippen LogP) is 1.01. The molecular weight excluding hydrogens is 178 g/mol. The van der Waals surface area contributed by atoms with Gasteiger partial charge in [0.15, 0.2) is 0 Å². The van der Waals surface area contributed by atoms with Crippen molar-refractivity contribution in [2.75, 3.05) is 17.2 Å². The van der Waals surface area contributed by atoms with Crippen LogP contribution in [-0.4, -0.2) is 27.8 Å². The van der Waals surface area contributed by atoms with E-state index >= 15 is 0 Å². The molecule has 2 atom stereocenters. The SMILES string of the molecule is CC1CCC(C)N(c2n[nH]c(N)n2)C1. The van der Waals surface area contributed by atoms with Gasteiger partial charge in [0.25, 0.3) is 0 Å². The third-order valence-corrected chi connectivity index (χ3v) is 2.87. The molecule has 1 aliphatic rings. The summed E-state index contributed by atoms with van der Waals surface area (Å²) in [6.07, 6.45) is 2.49. The Balaban J connectivity index is 2.15. The molecule has 5 heteroatoms. The summed E-state index contributed by atoms with van der Waals surface area (Å²) < 4.78 is 0. The lowest BCUT2D eigenvalue weighted by Gasteiger charge is -2.35. The molecule has 0 amide bonds. The normalized spacial score (nSPS) is 28.0. The molecule has 0 spiro atoms. The van der Waals surface area contributed by atoms with E-state index in [0.29, 0.717) is 17.9 Å². The molecule has 1 aliphatic heterocycles. The molecule has 1 aromatic heterocycles. The molecule has 2 heterocycles. The van der Waals surface area contributed by atoms with Gasteiger partial charge in [0.2, 0.25) is 11.9 Å². The van der Waals surface area contributed by atoms with E-state index in [1.165, 1.54) is 12.8 Å². The fraction of sp³-hybridized carbons (Fsp3) is 0.778. The van der Waals surface area contributed by atoms with Crippen LogP contribution in [0.25, 0.3) is 0 Å². The minimum Gasteiger partial charge on any atom is -0.368 e. The maximum atomic E-state index is 5.51. The highest BCUT2D eigenvalue weighted by Gasteiger charge is 2.25. The Morgan fingerprint density at radius 3 is 2.86 bits per heavy atom. The molecule has 5 nitrogen and oxygen atoms in total. The number of nitrogen functional groups attached to an aromatic ring is 1. The van der Waals surface area contributed by atoms with E-state index in [1.807, 2.05) is 0 Å². The second-order valence-electron chi connectivity index (χ2n) is 4.20. The summed E-state index contributed by atoms with van der Waals surface area (Å²) in [5.41, 5.74) is 5.51. The number of nitrogens with one attached hydrogen (secondary N) is 1. The first-order valence-electron chi connectivity index (χ1n) is 5.11. The summed E-state index contributed by atoms with van der Waals surface area (Å²) in [4.78, 5) is 6.38. The third-order valence-electron chi connectivity index (χ3n) is 2.87. The second kappa shape index (κ2) is 3.48. The van der Waals surface area contributed by atoms with Gasteiger partial charge in [0, 0.05) is 12.6 Å². The molecule has 0 radical (unpaired) electrons. The van der Waals surface area contributed by atoms with Crippen molar-refractivity contribution < 1.29 is 0 Å². The molecule has 0 aromatic carbocycles. The zero-order valence-electron chi connectivity index (χ0n) is 8.70. The third kappa shape index (κ3) is 1.66. The molecule has 0 aliphatic carbocycles. The van der Waals surface area contributed by atoms with Crippen LogP contribution in [0, 0.1) is 5.92 Å². The Hall–Kier alpha value is -1.26. The maximum Gasteiger partial charge on any atom is 0.246 e. The molecule has 3 N–H and O–H groups in total. The number of anilines is 2. The van der Waals surface area contributed by atoms with Crippen LogP contribution in [0.2, 0.25) is 0 Å². The maximum absolute atomic E-state index is 5.51. The van der Waals surface area contributed by atoms with Crippen LogP contribution in [0.1, 0.15) is 26.7 Å². The summed E-state index contributed by atoms with van der Waals surface area (Å²) in [7, 11) is 0. The number of piperidine rings is 1. The van der Waals surface area contributed by atoms with Crippen molar-refractivity contribution in [1.29, 1.82) is 0 Å². The van der Waals surface area contributed by atoms with E-state index in [0.717, 1.165) is 12.5 Å². The van der Waals surface area contributed by atoms with Crippen molar-refractivity contribution >= 4 is 11.9 Å². The molecule has 2 rings (SSSR count). The summed E-state index contributed by atoms with van der Waals surface area (Å²) in [5.74, 6) is 1.85. The van der Waals surface area contributed by atoms with Crippen molar-refractivity contribution in [3.05, 3.63) is 0 Å². The quantitative estimate of drug-likeness (QED) is 0.701. The molecule has 0 bridgehead atoms. The molecule has 1 saturated heterocycles. The summed E-state index contributed by atoms with van der Waals surface area (Å²) >= 11 is 0. The number of hydrogen-bond donors (Lipinski definition) is 2. The number of rotatable bonds is 1. The fourth-order valence-corrected chi connectivity index (χ4v) is 1.96. The molecular formula is C9H17N5. The van der Waals surface area contributed by atoms with Gasteiger partial charge in [-0.25, -0.2) is 5.10 Å². The topological polar surface area (TPSA) is 70.8 Å². The Bertz CT molecular complexity index is 308. The second-order valence-corrected chi connectivity index (χ2v) is 4.20. The van der Waals surface area contributed by atoms with Crippen molar-refractivity contribution in [2.45, 2.75) is 32.7 Å². The highest BCUT2D eigenvalue weighted by atomic mass is 15.4. The monoisotopic (exact) mass is 195 g/mol. The van der Waals surface area contributed by atoms with Crippen molar-refractivity contribution in [1.82, 2.24) is 15.2 Å². The number of hydrogen-bond acceptors (Lipinski definition) is 4. The fourth-order valence-electron chi connectivity index (χ4n) is 1.96. The van der Waals surface area contributed by atoms with Crippen molar-refractivity contribution in [2.24, 2.45) is 5.92 Å². The van der Waals surface area contributed by atoms with Gasteiger partial charge in [-0.3, -0.25) is 0 Å². The largest absolute Gasteiger partial charge is 0.368 e. The first-order valence-corrected chi connectivity index (χ1v) is 5.11. The van der Waals surface area contributed by atoms with Crippen molar-refractivity contribution in [3.63, 3.8) is 0 Å². The lowest BCUT2D eigenvalue weighted by Crippen LogP contribution is -2.41. The van der Waals surface area contributed by atoms with E-state index in [2.05, 4.69) is 33.9 Å². The predicted molar refractivity (Wildman–Crippen MR) is 56.0 cm³/mol. The number of nitrogens with two attached hydrogens (primary N) is 1. The minimum atomic E-state index is 0.394. The van der Waals surface area contributed by atoms with Gasteiger partial charge in [0.05, 0.1) is 0 Å². The highest BCUT2D eigenvalue weighted by Crippen LogP contribution is 2.24. The molecule has 78 valence electrons. The van der Waals surface area contributed by atoms with Crippen LogP contribution < -0.4 is 10.6 Å². The van der Waals surface area contributed by atoms with E-state index in [-0.39, 0.29) is 0 Å². The minimum absolute atomic E-state index is 0.394.